The summed E-state index contributed by atoms with van der Waals surface area (Å²) in [7, 11) is 1.58. The highest BCUT2D eigenvalue weighted by Gasteiger charge is 2.35. The second kappa shape index (κ2) is 7.23. The third kappa shape index (κ3) is 3.55. The van der Waals surface area contributed by atoms with Crippen molar-refractivity contribution in [1.82, 2.24) is 4.90 Å². The fourth-order valence-electron chi connectivity index (χ4n) is 2.38. The lowest BCUT2D eigenvalue weighted by atomic mass is 10.1. The van der Waals surface area contributed by atoms with Gasteiger partial charge in [-0.3, -0.25) is 14.5 Å². The molecule has 3 rings (SSSR count). The van der Waals surface area contributed by atoms with Gasteiger partial charge in [-0.25, -0.2) is 0 Å². The summed E-state index contributed by atoms with van der Waals surface area (Å²) in [6.45, 7) is 0.257. The Morgan fingerprint density at radius 3 is 2.71 bits per heavy atom. The molecule has 0 unspecified atom stereocenters. The first kappa shape index (κ1) is 16.8. The van der Waals surface area contributed by atoms with Gasteiger partial charge in [0.25, 0.3) is 11.1 Å². The second-order valence-electron chi connectivity index (χ2n) is 5.14. The largest absolute Gasteiger partial charge is 0.496 e. The van der Waals surface area contributed by atoms with Crippen LogP contribution in [0.4, 0.5) is 4.79 Å². The summed E-state index contributed by atoms with van der Waals surface area (Å²) < 4.78 is 6.20. The van der Waals surface area contributed by atoms with Crippen LogP contribution in [-0.2, 0) is 11.3 Å². The van der Waals surface area contributed by atoms with Crippen LogP contribution in [0.2, 0.25) is 0 Å². The predicted molar refractivity (Wildman–Crippen MR) is 98.7 cm³/mol. The maximum Gasteiger partial charge on any atom is 0.293 e. The molecule has 2 amide bonds. The van der Waals surface area contributed by atoms with Gasteiger partial charge in [-0.2, -0.15) is 0 Å². The van der Waals surface area contributed by atoms with Crippen molar-refractivity contribution in [2.24, 2.45) is 0 Å². The fourth-order valence-corrected chi connectivity index (χ4v) is 3.66. The number of carbonyl (C=O) groups is 2. The van der Waals surface area contributed by atoms with Gasteiger partial charge in [-0.1, -0.05) is 46.3 Å². The molecule has 0 aliphatic carbocycles. The molecular formula is C18H14BrNO3S. The molecule has 6 heteroatoms. The molecule has 0 spiro atoms. The molecule has 0 N–H and O–H groups in total. The Hall–Kier alpha value is -2.05. The second-order valence-corrected chi connectivity index (χ2v) is 7.05. The highest BCUT2D eigenvalue weighted by atomic mass is 79.9. The summed E-state index contributed by atoms with van der Waals surface area (Å²) >= 11 is 4.35. The predicted octanol–water partition coefficient (Wildman–Crippen LogP) is 4.69. The Morgan fingerprint density at radius 1 is 1.17 bits per heavy atom. The summed E-state index contributed by atoms with van der Waals surface area (Å²) in [5.74, 6) is 0.382. The van der Waals surface area contributed by atoms with Crippen molar-refractivity contribution in [2.75, 3.05) is 7.11 Å². The van der Waals surface area contributed by atoms with E-state index in [-0.39, 0.29) is 17.7 Å². The van der Waals surface area contributed by atoms with Gasteiger partial charge in [0, 0.05) is 10.0 Å². The average molecular weight is 404 g/mol. The van der Waals surface area contributed by atoms with Gasteiger partial charge in [-0.05, 0) is 41.6 Å². The molecule has 0 atom stereocenters. The van der Waals surface area contributed by atoms with E-state index in [1.807, 2.05) is 48.5 Å². The van der Waals surface area contributed by atoms with E-state index in [4.69, 9.17) is 4.74 Å². The van der Waals surface area contributed by atoms with Gasteiger partial charge in [-0.15, -0.1) is 0 Å². The molecular weight excluding hydrogens is 390 g/mol. The summed E-state index contributed by atoms with van der Waals surface area (Å²) in [5, 5.41) is -0.263. The van der Waals surface area contributed by atoms with Crippen molar-refractivity contribution in [3.63, 3.8) is 0 Å². The van der Waals surface area contributed by atoms with E-state index in [0.29, 0.717) is 10.7 Å². The van der Waals surface area contributed by atoms with Crippen LogP contribution in [0.3, 0.4) is 0 Å². The zero-order valence-corrected chi connectivity index (χ0v) is 15.3. The molecule has 122 valence electrons. The van der Waals surface area contributed by atoms with Crippen LogP contribution in [-0.4, -0.2) is 23.2 Å². The molecule has 24 heavy (non-hydrogen) atoms. The molecule has 0 aromatic heterocycles. The molecule has 1 aliphatic heterocycles. The number of imide groups is 1. The number of ether oxygens (including phenoxy) is 1. The Morgan fingerprint density at radius 2 is 1.96 bits per heavy atom. The van der Waals surface area contributed by atoms with Gasteiger partial charge in [0.2, 0.25) is 0 Å². The molecule has 0 bridgehead atoms. The zero-order valence-electron chi connectivity index (χ0n) is 12.9. The highest BCUT2D eigenvalue weighted by Crippen LogP contribution is 2.34. The molecule has 0 radical (unpaired) electrons. The third-order valence-electron chi connectivity index (χ3n) is 3.53. The normalized spacial score (nSPS) is 16.1. The summed E-state index contributed by atoms with van der Waals surface area (Å²) in [4.78, 5) is 26.4. The lowest BCUT2D eigenvalue weighted by Gasteiger charge is -2.12. The minimum absolute atomic E-state index is 0.257. The standard InChI is InChI=1S/C18H14BrNO3S/c1-23-15-8-3-2-6-13(15)10-16-17(21)20(18(22)24-16)11-12-5-4-7-14(19)9-12/h2-10H,11H2,1H3. The fraction of sp³-hybridized carbons (Fsp3) is 0.111. The van der Waals surface area contributed by atoms with Crippen molar-refractivity contribution >= 4 is 44.9 Å². The number of nitrogens with zero attached hydrogens (tertiary/aromatic N) is 1. The number of amides is 2. The molecule has 1 aliphatic rings. The van der Waals surface area contributed by atoms with E-state index < -0.39 is 0 Å². The Balaban J connectivity index is 1.85. The van der Waals surface area contributed by atoms with Crippen LogP contribution < -0.4 is 4.74 Å². The smallest absolute Gasteiger partial charge is 0.293 e. The minimum Gasteiger partial charge on any atom is -0.496 e. The lowest BCUT2D eigenvalue weighted by Crippen LogP contribution is -2.27. The van der Waals surface area contributed by atoms with E-state index in [1.54, 1.807) is 13.2 Å². The number of halogens is 1. The summed E-state index contributed by atoms with van der Waals surface area (Å²) in [6, 6.07) is 14.9. The molecule has 4 nitrogen and oxygen atoms in total. The molecule has 1 saturated heterocycles. The van der Waals surface area contributed by atoms with E-state index >= 15 is 0 Å². The topological polar surface area (TPSA) is 46.6 Å². The highest BCUT2D eigenvalue weighted by molar-refractivity contribution is 9.10. The van der Waals surface area contributed by atoms with E-state index in [9.17, 15) is 9.59 Å². The quantitative estimate of drug-likeness (QED) is 0.694. The molecule has 0 saturated carbocycles. The Bertz CT molecular complexity index is 835. The van der Waals surface area contributed by atoms with E-state index in [2.05, 4.69) is 15.9 Å². The Labute approximate surface area is 152 Å². The van der Waals surface area contributed by atoms with Gasteiger partial charge >= 0.3 is 0 Å². The van der Waals surface area contributed by atoms with Gasteiger partial charge < -0.3 is 4.74 Å². The number of methoxy groups -OCH3 is 1. The average Bonchev–Trinajstić information content (AvgIpc) is 2.83. The van der Waals surface area contributed by atoms with Crippen LogP contribution in [0.15, 0.2) is 57.9 Å². The number of rotatable bonds is 4. The zero-order chi connectivity index (χ0) is 17.1. The molecule has 1 heterocycles. The van der Waals surface area contributed by atoms with Crippen LogP contribution >= 0.6 is 27.7 Å². The van der Waals surface area contributed by atoms with Crippen molar-refractivity contribution in [2.45, 2.75) is 6.54 Å². The molecule has 1 fully saturated rings. The van der Waals surface area contributed by atoms with Gasteiger partial charge in [0.05, 0.1) is 18.6 Å². The van der Waals surface area contributed by atoms with E-state index in [1.165, 1.54) is 4.90 Å². The monoisotopic (exact) mass is 403 g/mol. The van der Waals surface area contributed by atoms with Crippen LogP contribution in [0.25, 0.3) is 6.08 Å². The van der Waals surface area contributed by atoms with Crippen molar-refractivity contribution in [3.8, 4) is 5.75 Å². The van der Waals surface area contributed by atoms with Crippen molar-refractivity contribution in [3.05, 3.63) is 69.0 Å². The van der Waals surface area contributed by atoms with Crippen LogP contribution in [0, 0.1) is 0 Å². The minimum atomic E-state index is -0.282. The maximum absolute atomic E-state index is 12.6. The van der Waals surface area contributed by atoms with Crippen LogP contribution in [0.5, 0.6) is 5.75 Å². The summed E-state index contributed by atoms with van der Waals surface area (Å²) in [6.07, 6.45) is 1.70. The first-order valence-electron chi connectivity index (χ1n) is 7.21. The third-order valence-corrected chi connectivity index (χ3v) is 4.93. The maximum atomic E-state index is 12.6. The van der Waals surface area contributed by atoms with E-state index in [0.717, 1.165) is 27.4 Å². The lowest BCUT2D eigenvalue weighted by molar-refractivity contribution is -0.123. The van der Waals surface area contributed by atoms with Crippen LogP contribution in [0.1, 0.15) is 11.1 Å². The number of carbonyl (C=O) groups excluding carboxylic acids is 2. The number of thioether (sulfide) groups is 1. The van der Waals surface area contributed by atoms with Crippen molar-refractivity contribution < 1.29 is 14.3 Å². The van der Waals surface area contributed by atoms with Gasteiger partial charge in [0.15, 0.2) is 0 Å². The number of hydrogen-bond acceptors (Lipinski definition) is 4. The number of benzene rings is 2. The molecule has 2 aromatic rings. The molecule has 2 aromatic carbocycles. The SMILES string of the molecule is COc1ccccc1C=C1SC(=O)N(Cc2cccc(Br)c2)C1=O. The first-order valence-corrected chi connectivity index (χ1v) is 8.82. The Kier molecular flexibility index (Phi) is 5.06. The number of hydrogen-bond donors (Lipinski definition) is 0. The van der Waals surface area contributed by atoms with Gasteiger partial charge in [0.1, 0.15) is 5.75 Å². The number of para-hydroxylation sites is 1. The van der Waals surface area contributed by atoms with Crippen molar-refractivity contribution in [1.29, 1.82) is 0 Å². The first-order chi connectivity index (χ1) is 11.6. The summed E-state index contributed by atoms with van der Waals surface area (Å²) in [5.41, 5.74) is 1.66.